The van der Waals surface area contributed by atoms with E-state index in [0.717, 1.165) is 19.6 Å². The van der Waals surface area contributed by atoms with Crippen molar-refractivity contribution in [2.75, 3.05) is 31.9 Å². The van der Waals surface area contributed by atoms with Gasteiger partial charge in [-0.25, -0.2) is 18.0 Å². The molecule has 0 unspecified atom stereocenters. The number of sulfonamides is 1. The molecule has 1 aromatic rings. The van der Waals surface area contributed by atoms with Gasteiger partial charge in [-0.3, -0.25) is 9.88 Å². The Hall–Kier alpha value is -2.04. The highest BCUT2D eigenvalue weighted by Gasteiger charge is 2.25. The lowest BCUT2D eigenvalue weighted by Crippen LogP contribution is -2.48. The smallest absolute Gasteiger partial charge is 0.414 e. The zero-order valence-electron chi connectivity index (χ0n) is 13.3. The van der Waals surface area contributed by atoms with Gasteiger partial charge in [0.1, 0.15) is 0 Å². The van der Waals surface area contributed by atoms with E-state index in [1.165, 1.54) is 5.56 Å². The fraction of sp³-hybridized carbons (Fsp3) is 0.500. The predicted molar refractivity (Wildman–Crippen MR) is 85.8 cm³/mol. The Morgan fingerprint density at radius 1 is 1.08 bits per heavy atom. The van der Waals surface area contributed by atoms with Crippen LogP contribution in [0.15, 0.2) is 24.5 Å². The molecule has 0 radical (unpaired) electrons. The highest BCUT2D eigenvalue weighted by atomic mass is 32.2. The van der Waals surface area contributed by atoms with Crippen molar-refractivity contribution in [2.24, 2.45) is 0 Å². The van der Waals surface area contributed by atoms with Gasteiger partial charge >= 0.3 is 11.9 Å². The number of piperazine rings is 1. The highest BCUT2D eigenvalue weighted by Crippen LogP contribution is 2.10. The molecule has 1 aliphatic heterocycles. The Kier molecular flexibility index (Phi) is 7.75. The van der Waals surface area contributed by atoms with Crippen LogP contribution in [0.2, 0.25) is 0 Å². The molecule has 1 aromatic heterocycles. The summed E-state index contributed by atoms with van der Waals surface area (Å²) in [5, 5.41) is 14.8. The number of pyridine rings is 1. The molecule has 134 valence electrons. The average molecular weight is 359 g/mol. The first-order valence-electron chi connectivity index (χ1n) is 7.31. The molecule has 0 amide bonds. The van der Waals surface area contributed by atoms with Crippen molar-refractivity contribution < 1.29 is 28.2 Å². The van der Waals surface area contributed by atoms with E-state index in [1.54, 1.807) is 23.6 Å². The summed E-state index contributed by atoms with van der Waals surface area (Å²) in [4.78, 5) is 24.5. The van der Waals surface area contributed by atoms with E-state index in [-0.39, 0.29) is 5.75 Å². The van der Waals surface area contributed by atoms with Crippen molar-refractivity contribution in [1.82, 2.24) is 14.2 Å². The van der Waals surface area contributed by atoms with Crippen LogP contribution in [0.5, 0.6) is 0 Å². The van der Waals surface area contributed by atoms with Crippen LogP contribution in [0, 0.1) is 0 Å². The minimum Gasteiger partial charge on any atom is -0.473 e. The van der Waals surface area contributed by atoms with E-state index in [9.17, 15) is 8.42 Å². The van der Waals surface area contributed by atoms with Crippen LogP contribution >= 0.6 is 0 Å². The van der Waals surface area contributed by atoms with Gasteiger partial charge < -0.3 is 10.2 Å². The summed E-state index contributed by atoms with van der Waals surface area (Å²) in [5.74, 6) is -3.46. The van der Waals surface area contributed by atoms with Gasteiger partial charge in [0.05, 0.1) is 5.75 Å². The molecule has 2 rings (SSSR count). The topological polar surface area (TPSA) is 128 Å². The lowest BCUT2D eigenvalue weighted by molar-refractivity contribution is -0.159. The fourth-order valence-electron chi connectivity index (χ4n) is 2.09. The second-order valence-corrected chi connectivity index (χ2v) is 7.30. The van der Waals surface area contributed by atoms with Crippen LogP contribution in [0.3, 0.4) is 0 Å². The summed E-state index contributed by atoms with van der Waals surface area (Å²) in [6.45, 7) is 5.34. The van der Waals surface area contributed by atoms with E-state index in [2.05, 4.69) is 9.88 Å². The monoisotopic (exact) mass is 359 g/mol. The molecule has 2 heterocycles. The van der Waals surface area contributed by atoms with Crippen LogP contribution in [0.4, 0.5) is 0 Å². The fourth-order valence-corrected chi connectivity index (χ4v) is 3.18. The normalized spacial score (nSPS) is 16.0. The van der Waals surface area contributed by atoms with Crippen molar-refractivity contribution in [3.05, 3.63) is 30.1 Å². The summed E-state index contributed by atoms with van der Waals surface area (Å²) in [6, 6.07) is 3.99. The van der Waals surface area contributed by atoms with Crippen molar-refractivity contribution in [2.45, 2.75) is 13.5 Å². The third-order valence-electron chi connectivity index (χ3n) is 3.43. The van der Waals surface area contributed by atoms with Gasteiger partial charge in [-0.2, -0.15) is 4.31 Å². The molecule has 1 saturated heterocycles. The second kappa shape index (κ2) is 9.30. The molecule has 0 aliphatic carbocycles. The maximum absolute atomic E-state index is 11.7. The molecular weight excluding hydrogens is 338 g/mol. The van der Waals surface area contributed by atoms with E-state index in [1.807, 2.05) is 12.1 Å². The van der Waals surface area contributed by atoms with Crippen LogP contribution in [-0.2, 0) is 26.2 Å². The Morgan fingerprint density at radius 3 is 2.00 bits per heavy atom. The van der Waals surface area contributed by atoms with Crippen LogP contribution in [0.1, 0.15) is 12.5 Å². The quantitative estimate of drug-likeness (QED) is 0.702. The molecule has 1 fully saturated rings. The number of nitrogens with zero attached hydrogens (tertiary/aromatic N) is 3. The van der Waals surface area contributed by atoms with Gasteiger partial charge in [-0.15, -0.1) is 0 Å². The third kappa shape index (κ3) is 6.60. The maximum atomic E-state index is 11.7. The minimum atomic E-state index is -3.02. The molecule has 1 aliphatic rings. The van der Waals surface area contributed by atoms with Crippen molar-refractivity contribution >= 4 is 22.0 Å². The first-order valence-corrected chi connectivity index (χ1v) is 8.92. The summed E-state index contributed by atoms with van der Waals surface area (Å²) in [7, 11) is -3.02. The van der Waals surface area contributed by atoms with E-state index in [0.29, 0.717) is 13.1 Å². The number of hydrogen-bond donors (Lipinski definition) is 2. The van der Waals surface area contributed by atoms with Gasteiger partial charge in [-0.05, 0) is 24.6 Å². The Balaban J connectivity index is 0.000000413. The van der Waals surface area contributed by atoms with Gasteiger partial charge in [0.25, 0.3) is 0 Å². The molecule has 0 saturated carbocycles. The van der Waals surface area contributed by atoms with E-state index in [4.69, 9.17) is 19.8 Å². The SMILES string of the molecule is CCS(=O)(=O)N1CCN(Cc2ccncc2)CC1.O=C(O)C(=O)O. The van der Waals surface area contributed by atoms with Crippen LogP contribution in [-0.4, -0.2) is 76.7 Å². The standard InChI is InChI=1S/C12H19N3O2S.C2H2O4/c1-2-18(16,17)15-9-7-14(8-10-15)11-12-3-5-13-6-4-12;3-1(4)2(5)6/h3-6H,2,7-11H2,1H3;(H,3,4)(H,5,6). The first kappa shape index (κ1) is 20.0. The molecule has 24 heavy (non-hydrogen) atoms. The van der Waals surface area contributed by atoms with Gasteiger partial charge in [-0.1, -0.05) is 0 Å². The first-order chi connectivity index (χ1) is 11.3. The lowest BCUT2D eigenvalue weighted by Gasteiger charge is -2.33. The summed E-state index contributed by atoms with van der Waals surface area (Å²) < 4.78 is 25.0. The summed E-state index contributed by atoms with van der Waals surface area (Å²) >= 11 is 0. The zero-order chi connectivity index (χ0) is 18.2. The second-order valence-electron chi connectivity index (χ2n) is 5.04. The molecular formula is C14H21N3O6S. The largest absolute Gasteiger partial charge is 0.473 e. The number of aromatic nitrogens is 1. The number of hydrogen-bond acceptors (Lipinski definition) is 6. The molecule has 2 N–H and O–H groups in total. The molecule has 10 heteroatoms. The molecule has 0 atom stereocenters. The number of carboxylic acids is 2. The van der Waals surface area contributed by atoms with E-state index < -0.39 is 22.0 Å². The molecule has 0 spiro atoms. The summed E-state index contributed by atoms with van der Waals surface area (Å²) in [5.41, 5.74) is 1.22. The Morgan fingerprint density at radius 2 is 1.58 bits per heavy atom. The minimum absolute atomic E-state index is 0.192. The van der Waals surface area contributed by atoms with Gasteiger partial charge in [0.2, 0.25) is 10.0 Å². The molecule has 9 nitrogen and oxygen atoms in total. The number of aliphatic carboxylic acids is 2. The van der Waals surface area contributed by atoms with Crippen molar-refractivity contribution in [1.29, 1.82) is 0 Å². The van der Waals surface area contributed by atoms with E-state index >= 15 is 0 Å². The Bertz CT molecular complexity index is 630. The van der Waals surface area contributed by atoms with Crippen LogP contribution < -0.4 is 0 Å². The van der Waals surface area contributed by atoms with Gasteiger partial charge in [0.15, 0.2) is 0 Å². The lowest BCUT2D eigenvalue weighted by atomic mass is 10.2. The number of carboxylic acid groups (broad SMARTS) is 2. The maximum Gasteiger partial charge on any atom is 0.414 e. The number of carbonyl (C=O) groups is 2. The zero-order valence-corrected chi connectivity index (χ0v) is 14.1. The average Bonchev–Trinajstić information content (AvgIpc) is 2.57. The number of rotatable bonds is 4. The highest BCUT2D eigenvalue weighted by molar-refractivity contribution is 7.89. The third-order valence-corrected chi connectivity index (χ3v) is 5.31. The Labute approximate surface area is 140 Å². The molecule has 0 aromatic carbocycles. The molecule has 0 bridgehead atoms. The van der Waals surface area contributed by atoms with Crippen molar-refractivity contribution in [3.63, 3.8) is 0 Å². The summed E-state index contributed by atoms with van der Waals surface area (Å²) in [6.07, 6.45) is 3.57. The van der Waals surface area contributed by atoms with Gasteiger partial charge in [0, 0.05) is 45.1 Å². The predicted octanol–water partition coefficient (Wildman–Crippen LogP) is -0.295. The van der Waals surface area contributed by atoms with Crippen LogP contribution in [0.25, 0.3) is 0 Å². The van der Waals surface area contributed by atoms with Crippen molar-refractivity contribution in [3.8, 4) is 0 Å².